The fourth-order valence-corrected chi connectivity index (χ4v) is 2.13. The van der Waals surface area contributed by atoms with Gasteiger partial charge >= 0.3 is 6.18 Å². The van der Waals surface area contributed by atoms with E-state index in [0.717, 1.165) is 12.1 Å². The van der Waals surface area contributed by atoms with E-state index >= 15 is 0 Å². The van der Waals surface area contributed by atoms with Crippen molar-refractivity contribution < 1.29 is 17.6 Å². The summed E-state index contributed by atoms with van der Waals surface area (Å²) in [4.78, 5) is 1.79. The maximum Gasteiger partial charge on any atom is 0.416 e. The summed E-state index contributed by atoms with van der Waals surface area (Å²) in [5.74, 6) is -0.856. The van der Waals surface area contributed by atoms with E-state index in [4.69, 9.17) is 0 Å². The molecule has 1 atom stereocenters. The Bertz CT molecular complexity index is 436. The summed E-state index contributed by atoms with van der Waals surface area (Å²) >= 11 is 0. The van der Waals surface area contributed by atoms with Gasteiger partial charge in [0.05, 0.1) is 5.56 Å². The molecular weight excluding hydrogens is 284 g/mol. The molecule has 1 aromatic carbocycles. The lowest BCUT2D eigenvalue weighted by molar-refractivity contribution is -0.137. The highest BCUT2D eigenvalue weighted by molar-refractivity contribution is 5.85. The average Bonchev–Trinajstić information content (AvgIpc) is 2.27. The highest BCUT2D eigenvalue weighted by atomic mass is 35.5. The molecule has 0 aromatic heterocycles. The second-order valence-corrected chi connectivity index (χ2v) is 4.44. The molecule has 2 nitrogen and oxygen atoms in total. The molecule has 1 saturated heterocycles. The molecular formula is C12H15ClF4N2. The van der Waals surface area contributed by atoms with Gasteiger partial charge in [0.25, 0.3) is 0 Å². The monoisotopic (exact) mass is 298 g/mol. The van der Waals surface area contributed by atoms with E-state index in [1.807, 2.05) is 6.92 Å². The molecule has 0 bridgehead atoms. The molecule has 2 rings (SSSR count). The van der Waals surface area contributed by atoms with Crippen LogP contribution in [0.5, 0.6) is 0 Å². The van der Waals surface area contributed by atoms with Crippen molar-refractivity contribution in [1.82, 2.24) is 5.32 Å². The van der Waals surface area contributed by atoms with Crippen LogP contribution in [0, 0.1) is 5.82 Å². The van der Waals surface area contributed by atoms with Gasteiger partial charge in [-0.25, -0.2) is 4.39 Å². The molecule has 0 spiro atoms. The fourth-order valence-electron chi connectivity index (χ4n) is 2.13. The van der Waals surface area contributed by atoms with Crippen LogP contribution in [0.15, 0.2) is 18.2 Å². The first-order chi connectivity index (χ1) is 8.38. The van der Waals surface area contributed by atoms with Gasteiger partial charge in [-0.05, 0) is 25.1 Å². The predicted molar refractivity (Wildman–Crippen MR) is 68.3 cm³/mol. The van der Waals surface area contributed by atoms with Crippen LogP contribution >= 0.6 is 12.4 Å². The summed E-state index contributed by atoms with van der Waals surface area (Å²) in [5.41, 5.74) is -0.653. The van der Waals surface area contributed by atoms with Crippen LogP contribution in [0.2, 0.25) is 0 Å². The SMILES string of the molecule is C[C@@H]1CNCCN1c1cc(F)cc(C(F)(F)F)c1.Cl. The zero-order valence-corrected chi connectivity index (χ0v) is 11.1. The van der Waals surface area contributed by atoms with Gasteiger partial charge in [-0.2, -0.15) is 13.2 Å². The predicted octanol–water partition coefficient (Wildman–Crippen LogP) is 3.06. The second-order valence-electron chi connectivity index (χ2n) is 4.44. The Morgan fingerprint density at radius 2 is 1.95 bits per heavy atom. The molecule has 1 aliphatic heterocycles. The van der Waals surface area contributed by atoms with Crippen LogP contribution in [0.25, 0.3) is 0 Å². The van der Waals surface area contributed by atoms with Crippen molar-refractivity contribution in [2.45, 2.75) is 19.1 Å². The lowest BCUT2D eigenvalue weighted by Gasteiger charge is -2.36. The number of hydrogen-bond donors (Lipinski definition) is 1. The number of nitrogens with zero attached hydrogens (tertiary/aromatic N) is 1. The van der Waals surface area contributed by atoms with Gasteiger partial charge in [-0.3, -0.25) is 0 Å². The number of halogens is 5. The number of anilines is 1. The van der Waals surface area contributed by atoms with Crippen molar-refractivity contribution >= 4 is 18.1 Å². The molecule has 1 fully saturated rings. The normalized spacial score (nSPS) is 20.1. The van der Waals surface area contributed by atoms with Gasteiger partial charge < -0.3 is 10.2 Å². The van der Waals surface area contributed by atoms with E-state index < -0.39 is 17.6 Å². The fraction of sp³-hybridized carbons (Fsp3) is 0.500. The van der Waals surface area contributed by atoms with Crippen LogP contribution < -0.4 is 10.2 Å². The molecule has 1 aliphatic rings. The van der Waals surface area contributed by atoms with Gasteiger partial charge in [-0.15, -0.1) is 12.4 Å². The molecule has 0 unspecified atom stereocenters. The molecule has 1 aromatic rings. The lowest BCUT2D eigenvalue weighted by Crippen LogP contribution is -2.50. The summed E-state index contributed by atoms with van der Waals surface area (Å²) < 4.78 is 51.1. The van der Waals surface area contributed by atoms with E-state index in [9.17, 15) is 17.6 Å². The van der Waals surface area contributed by atoms with E-state index in [1.54, 1.807) is 4.90 Å². The molecule has 19 heavy (non-hydrogen) atoms. The van der Waals surface area contributed by atoms with E-state index in [-0.39, 0.29) is 24.1 Å². The third kappa shape index (κ3) is 3.73. The summed E-state index contributed by atoms with van der Waals surface area (Å²) in [7, 11) is 0. The van der Waals surface area contributed by atoms with Crippen LogP contribution in [-0.4, -0.2) is 25.7 Å². The Kier molecular flexibility index (Phi) is 5.04. The van der Waals surface area contributed by atoms with Crippen molar-refractivity contribution in [3.05, 3.63) is 29.6 Å². The maximum atomic E-state index is 13.3. The number of rotatable bonds is 1. The van der Waals surface area contributed by atoms with Gasteiger partial charge in [0.15, 0.2) is 0 Å². The molecule has 0 aliphatic carbocycles. The van der Waals surface area contributed by atoms with Gasteiger partial charge in [0, 0.05) is 31.4 Å². The maximum absolute atomic E-state index is 13.3. The third-order valence-electron chi connectivity index (χ3n) is 3.04. The standard InChI is InChI=1S/C12H14F4N2.ClH/c1-8-7-17-2-3-18(8)11-5-9(12(14,15)16)4-10(13)6-11;/h4-6,8,17H,2-3,7H2,1H3;1H/t8-;/m1./s1. The Hall–Kier alpha value is -1.01. The highest BCUT2D eigenvalue weighted by Gasteiger charge is 2.32. The summed E-state index contributed by atoms with van der Waals surface area (Å²) in [6, 6.07) is 2.72. The Balaban J connectivity index is 0.00000180. The zero-order chi connectivity index (χ0) is 13.3. The minimum atomic E-state index is -4.52. The second kappa shape index (κ2) is 5.96. The lowest BCUT2D eigenvalue weighted by atomic mass is 10.1. The Labute approximate surface area is 115 Å². The Morgan fingerprint density at radius 3 is 2.53 bits per heavy atom. The highest BCUT2D eigenvalue weighted by Crippen LogP contribution is 2.33. The number of nitrogens with one attached hydrogen (secondary N) is 1. The minimum Gasteiger partial charge on any atom is -0.366 e. The molecule has 1 N–H and O–H groups in total. The van der Waals surface area contributed by atoms with Gasteiger partial charge in [0.1, 0.15) is 5.82 Å². The van der Waals surface area contributed by atoms with Crippen molar-refractivity contribution in [2.75, 3.05) is 24.5 Å². The average molecular weight is 299 g/mol. The van der Waals surface area contributed by atoms with Crippen molar-refractivity contribution in [3.8, 4) is 0 Å². The van der Waals surface area contributed by atoms with Crippen molar-refractivity contribution in [2.24, 2.45) is 0 Å². The molecule has 0 amide bonds. The van der Waals surface area contributed by atoms with Gasteiger partial charge in [0.2, 0.25) is 0 Å². The van der Waals surface area contributed by atoms with E-state index in [2.05, 4.69) is 5.32 Å². The third-order valence-corrected chi connectivity index (χ3v) is 3.04. The minimum absolute atomic E-state index is 0. The Morgan fingerprint density at radius 1 is 1.26 bits per heavy atom. The smallest absolute Gasteiger partial charge is 0.366 e. The van der Waals surface area contributed by atoms with Crippen LogP contribution in [-0.2, 0) is 6.18 Å². The van der Waals surface area contributed by atoms with Crippen molar-refractivity contribution in [1.29, 1.82) is 0 Å². The summed E-state index contributed by atoms with van der Waals surface area (Å²) in [5, 5.41) is 3.14. The largest absolute Gasteiger partial charge is 0.416 e. The molecule has 1 heterocycles. The summed E-state index contributed by atoms with van der Waals surface area (Å²) in [6.45, 7) is 3.83. The van der Waals surface area contributed by atoms with Crippen molar-refractivity contribution in [3.63, 3.8) is 0 Å². The zero-order valence-electron chi connectivity index (χ0n) is 10.3. The van der Waals surface area contributed by atoms with E-state index in [0.29, 0.717) is 25.7 Å². The first kappa shape index (κ1) is 16.0. The first-order valence-corrected chi connectivity index (χ1v) is 5.73. The van der Waals surface area contributed by atoms with Crippen LogP contribution in [0.1, 0.15) is 12.5 Å². The topological polar surface area (TPSA) is 15.3 Å². The molecule has 7 heteroatoms. The number of hydrogen-bond acceptors (Lipinski definition) is 2. The molecule has 0 saturated carbocycles. The number of benzene rings is 1. The summed E-state index contributed by atoms with van der Waals surface area (Å²) in [6.07, 6.45) is -4.52. The first-order valence-electron chi connectivity index (χ1n) is 5.73. The molecule has 0 radical (unpaired) electrons. The van der Waals surface area contributed by atoms with Crippen LogP contribution in [0.4, 0.5) is 23.2 Å². The van der Waals surface area contributed by atoms with Gasteiger partial charge in [-0.1, -0.05) is 0 Å². The molecule has 108 valence electrons. The number of piperazine rings is 1. The van der Waals surface area contributed by atoms with Crippen LogP contribution in [0.3, 0.4) is 0 Å². The quantitative estimate of drug-likeness (QED) is 0.802. The number of alkyl halides is 3. The van der Waals surface area contributed by atoms with E-state index in [1.165, 1.54) is 0 Å².